The quantitative estimate of drug-likeness (QED) is 0.344. The largest absolute Gasteiger partial charge is 0.458 e. The number of hydrogen-bond donors (Lipinski definition) is 0. The molecule has 8 heteroatoms. The number of carbonyl (C=O) groups is 1. The maximum absolute atomic E-state index is 12.4. The van der Waals surface area contributed by atoms with Gasteiger partial charge in [0, 0.05) is 14.2 Å². The average Bonchev–Trinajstić information content (AvgIpc) is 3.13. The Labute approximate surface area is 173 Å². The number of fused-ring (bicyclic) bond motifs is 2. The minimum Gasteiger partial charge on any atom is -0.458 e. The summed E-state index contributed by atoms with van der Waals surface area (Å²) in [7, 11) is 3.16. The van der Waals surface area contributed by atoms with E-state index >= 15 is 0 Å². The Morgan fingerprint density at radius 1 is 1.00 bits per heavy atom. The molecule has 30 heavy (non-hydrogen) atoms. The summed E-state index contributed by atoms with van der Waals surface area (Å²) >= 11 is 0. The van der Waals surface area contributed by atoms with Crippen LogP contribution in [0.15, 0.2) is 42.5 Å². The SMILES string of the molecule is COCCOC(=O)c1nnc2c(-c3cccc4ccccc34)c(COC)nn2c1C. The van der Waals surface area contributed by atoms with Crippen molar-refractivity contribution in [1.29, 1.82) is 0 Å². The molecule has 4 rings (SSSR count). The van der Waals surface area contributed by atoms with Gasteiger partial charge >= 0.3 is 5.97 Å². The van der Waals surface area contributed by atoms with Crippen LogP contribution in [-0.4, -0.2) is 53.2 Å². The van der Waals surface area contributed by atoms with Crippen LogP contribution in [0.1, 0.15) is 21.9 Å². The molecule has 0 aliphatic heterocycles. The summed E-state index contributed by atoms with van der Waals surface area (Å²) in [6.45, 7) is 2.52. The van der Waals surface area contributed by atoms with Crippen molar-refractivity contribution in [2.24, 2.45) is 0 Å². The molecule has 2 aromatic carbocycles. The lowest BCUT2D eigenvalue weighted by Crippen LogP contribution is -2.16. The summed E-state index contributed by atoms with van der Waals surface area (Å²) in [5, 5.41) is 15.4. The first-order valence-corrected chi connectivity index (χ1v) is 9.53. The van der Waals surface area contributed by atoms with E-state index in [9.17, 15) is 4.79 Å². The summed E-state index contributed by atoms with van der Waals surface area (Å²) in [4.78, 5) is 12.4. The molecule has 0 unspecified atom stereocenters. The molecule has 2 aromatic heterocycles. The van der Waals surface area contributed by atoms with E-state index in [1.54, 1.807) is 25.7 Å². The zero-order chi connectivity index (χ0) is 21.1. The molecule has 0 saturated heterocycles. The Morgan fingerprint density at radius 3 is 2.60 bits per heavy atom. The first-order valence-electron chi connectivity index (χ1n) is 9.53. The Balaban J connectivity index is 1.89. The lowest BCUT2D eigenvalue weighted by Gasteiger charge is -2.08. The number of ether oxygens (including phenoxy) is 3. The zero-order valence-corrected chi connectivity index (χ0v) is 17.1. The molecule has 0 atom stereocenters. The van der Waals surface area contributed by atoms with Crippen molar-refractivity contribution in [3.05, 3.63) is 59.5 Å². The summed E-state index contributed by atoms with van der Waals surface area (Å²) in [6.07, 6.45) is 0. The molecule has 0 fully saturated rings. The van der Waals surface area contributed by atoms with Gasteiger partial charge in [-0.05, 0) is 23.3 Å². The number of rotatable bonds is 7. The fraction of sp³-hybridized carbons (Fsp3) is 0.273. The molecule has 2 heterocycles. The first-order chi connectivity index (χ1) is 14.7. The smallest absolute Gasteiger partial charge is 0.360 e. The third kappa shape index (κ3) is 3.51. The molecule has 8 nitrogen and oxygen atoms in total. The van der Waals surface area contributed by atoms with Gasteiger partial charge in [-0.1, -0.05) is 42.5 Å². The molecule has 0 spiro atoms. The summed E-state index contributed by atoms with van der Waals surface area (Å²) in [5.41, 5.74) is 3.77. The molecule has 0 aliphatic rings. The number of nitrogens with zero attached hydrogens (tertiary/aromatic N) is 4. The van der Waals surface area contributed by atoms with E-state index in [1.807, 2.05) is 24.3 Å². The second-order valence-electron chi connectivity index (χ2n) is 6.78. The minimum absolute atomic E-state index is 0.120. The van der Waals surface area contributed by atoms with Crippen molar-refractivity contribution >= 4 is 22.4 Å². The van der Waals surface area contributed by atoms with Gasteiger partial charge in [-0.3, -0.25) is 0 Å². The van der Waals surface area contributed by atoms with Gasteiger partial charge in [0.05, 0.1) is 30.2 Å². The molecule has 4 aromatic rings. The van der Waals surface area contributed by atoms with Gasteiger partial charge in [-0.15, -0.1) is 10.2 Å². The maximum atomic E-state index is 12.4. The van der Waals surface area contributed by atoms with Crippen molar-refractivity contribution in [3.8, 4) is 11.1 Å². The van der Waals surface area contributed by atoms with Crippen LogP contribution in [0.3, 0.4) is 0 Å². The minimum atomic E-state index is -0.561. The van der Waals surface area contributed by atoms with Gasteiger partial charge in [0.2, 0.25) is 0 Å². The second-order valence-corrected chi connectivity index (χ2v) is 6.78. The Hall–Kier alpha value is -3.36. The fourth-order valence-electron chi connectivity index (χ4n) is 3.48. The van der Waals surface area contributed by atoms with E-state index in [2.05, 4.69) is 33.5 Å². The molecule has 0 radical (unpaired) electrons. The molecular formula is C22H22N4O4. The fourth-order valence-corrected chi connectivity index (χ4v) is 3.48. The number of methoxy groups -OCH3 is 2. The normalized spacial score (nSPS) is 11.3. The number of aryl methyl sites for hydroxylation is 1. The van der Waals surface area contributed by atoms with Crippen LogP contribution in [0, 0.1) is 6.92 Å². The average molecular weight is 406 g/mol. The van der Waals surface area contributed by atoms with E-state index in [-0.39, 0.29) is 12.3 Å². The van der Waals surface area contributed by atoms with Crippen molar-refractivity contribution in [2.45, 2.75) is 13.5 Å². The monoisotopic (exact) mass is 406 g/mol. The number of esters is 1. The van der Waals surface area contributed by atoms with E-state index in [0.29, 0.717) is 24.6 Å². The van der Waals surface area contributed by atoms with Gasteiger partial charge in [0.25, 0.3) is 0 Å². The van der Waals surface area contributed by atoms with E-state index in [0.717, 1.165) is 27.6 Å². The number of hydrogen-bond acceptors (Lipinski definition) is 7. The molecule has 154 valence electrons. The van der Waals surface area contributed by atoms with Crippen LogP contribution in [0.4, 0.5) is 0 Å². The van der Waals surface area contributed by atoms with Crippen molar-refractivity contribution in [3.63, 3.8) is 0 Å². The van der Waals surface area contributed by atoms with Crippen LogP contribution in [0.2, 0.25) is 0 Å². The molecule has 0 N–H and O–H groups in total. The van der Waals surface area contributed by atoms with Crippen LogP contribution < -0.4 is 0 Å². The Kier molecular flexibility index (Phi) is 5.69. The highest BCUT2D eigenvalue weighted by molar-refractivity contribution is 6.00. The lowest BCUT2D eigenvalue weighted by molar-refractivity contribution is 0.0378. The van der Waals surface area contributed by atoms with E-state index in [4.69, 9.17) is 14.2 Å². The predicted octanol–water partition coefficient (Wildman–Crippen LogP) is 3.20. The first kappa shape index (κ1) is 19.9. The highest BCUT2D eigenvalue weighted by atomic mass is 16.6. The third-order valence-corrected chi connectivity index (χ3v) is 4.89. The molecule has 0 bridgehead atoms. The molecule has 0 amide bonds. The van der Waals surface area contributed by atoms with Crippen LogP contribution in [0.5, 0.6) is 0 Å². The Bertz CT molecular complexity index is 1210. The van der Waals surface area contributed by atoms with Crippen LogP contribution in [0.25, 0.3) is 27.5 Å². The zero-order valence-electron chi connectivity index (χ0n) is 17.1. The Morgan fingerprint density at radius 2 is 1.80 bits per heavy atom. The molecule has 0 aliphatic carbocycles. The van der Waals surface area contributed by atoms with Gasteiger partial charge < -0.3 is 14.2 Å². The molecular weight excluding hydrogens is 384 g/mol. The van der Waals surface area contributed by atoms with Gasteiger partial charge in [0.1, 0.15) is 6.61 Å². The highest BCUT2D eigenvalue weighted by Gasteiger charge is 2.23. The summed E-state index contributed by atoms with van der Waals surface area (Å²) in [5.74, 6) is -0.561. The van der Waals surface area contributed by atoms with Gasteiger partial charge in [0.15, 0.2) is 11.3 Å². The topological polar surface area (TPSA) is 87.8 Å². The standard InChI is InChI=1S/C22H22N4O4/c1-14-20(22(27)30-12-11-28-2)23-24-21-19(18(13-29-3)25-26(14)21)17-10-6-8-15-7-4-5-9-16(15)17/h4-10H,11-13H2,1-3H3. The summed E-state index contributed by atoms with van der Waals surface area (Å²) < 4.78 is 17.1. The summed E-state index contributed by atoms with van der Waals surface area (Å²) in [6, 6.07) is 14.2. The predicted molar refractivity (Wildman–Crippen MR) is 111 cm³/mol. The second kappa shape index (κ2) is 8.56. The van der Waals surface area contributed by atoms with Crippen molar-refractivity contribution < 1.29 is 19.0 Å². The van der Waals surface area contributed by atoms with Gasteiger partial charge in [-0.25, -0.2) is 9.31 Å². The van der Waals surface area contributed by atoms with Crippen molar-refractivity contribution in [2.75, 3.05) is 27.4 Å². The molecule has 0 saturated carbocycles. The lowest BCUT2D eigenvalue weighted by atomic mass is 9.98. The van der Waals surface area contributed by atoms with Crippen LogP contribution in [-0.2, 0) is 20.8 Å². The maximum Gasteiger partial charge on any atom is 0.360 e. The third-order valence-electron chi connectivity index (χ3n) is 4.89. The van der Waals surface area contributed by atoms with Crippen LogP contribution >= 0.6 is 0 Å². The van der Waals surface area contributed by atoms with Gasteiger partial charge in [-0.2, -0.15) is 5.10 Å². The van der Waals surface area contributed by atoms with E-state index < -0.39 is 5.97 Å². The highest BCUT2D eigenvalue weighted by Crippen LogP contribution is 2.34. The number of carbonyl (C=O) groups excluding carboxylic acids is 1. The van der Waals surface area contributed by atoms with E-state index in [1.165, 1.54) is 0 Å². The number of aromatic nitrogens is 4. The van der Waals surface area contributed by atoms with Crippen molar-refractivity contribution in [1.82, 2.24) is 19.8 Å². The number of benzene rings is 2.